The third kappa shape index (κ3) is 2.59. The molecule has 1 aromatic rings. The Morgan fingerprint density at radius 1 is 1.67 bits per heavy atom. The molecule has 0 unspecified atom stereocenters. The first-order chi connectivity index (χ1) is 8.61. The summed E-state index contributed by atoms with van der Waals surface area (Å²) in [6.45, 7) is 5.30. The van der Waals surface area contributed by atoms with Crippen LogP contribution >= 0.6 is 0 Å². The molecule has 2 N–H and O–H groups in total. The lowest BCUT2D eigenvalue weighted by Crippen LogP contribution is -2.19. The number of nitrogens with two attached hydrogens (primary N) is 1. The highest BCUT2D eigenvalue weighted by Gasteiger charge is 2.22. The fourth-order valence-electron chi connectivity index (χ4n) is 2.17. The summed E-state index contributed by atoms with van der Waals surface area (Å²) in [5, 5.41) is 9.14. The lowest BCUT2D eigenvalue weighted by molar-refractivity contribution is 0.0926. The molecule has 1 aliphatic heterocycles. The second-order valence-corrected chi connectivity index (χ2v) is 4.81. The minimum atomic E-state index is 0.0250. The smallest absolute Gasteiger partial charge is 0.218 e. The Morgan fingerprint density at radius 3 is 3.00 bits per heavy atom. The van der Waals surface area contributed by atoms with Crippen LogP contribution in [0.15, 0.2) is 6.07 Å². The average Bonchev–Trinajstić information content (AvgIpc) is 2.91. The van der Waals surface area contributed by atoms with Gasteiger partial charge in [-0.3, -0.25) is 4.57 Å². The van der Waals surface area contributed by atoms with Gasteiger partial charge in [0.05, 0.1) is 24.4 Å². The maximum absolute atomic E-state index is 9.14. The summed E-state index contributed by atoms with van der Waals surface area (Å²) in [6.07, 6.45) is 2.27. The van der Waals surface area contributed by atoms with Crippen molar-refractivity contribution in [2.75, 3.05) is 12.3 Å². The van der Waals surface area contributed by atoms with E-state index >= 15 is 0 Å². The molecule has 98 valence electrons. The van der Waals surface area contributed by atoms with Crippen LogP contribution in [0.5, 0.6) is 5.88 Å². The van der Waals surface area contributed by atoms with Crippen LogP contribution in [0.25, 0.3) is 0 Å². The highest BCUT2D eigenvalue weighted by Crippen LogP contribution is 2.29. The maximum Gasteiger partial charge on any atom is 0.218 e. The SMILES string of the molecule is CC(C)Oc1c(N)cc(C#N)n1C[C@@H]1CCCO1. The highest BCUT2D eigenvalue weighted by molar-refractivity contribution is 5.55. The number of nitrogens with zero attached hydrogens (tertiary/aromatic N) is 2. The molecule has 2 rings (SSSR count). The van der Waals surface area contributed by atoms with Crippen molar-refractivity contribution in [3.8, 4) is 11.9 Å². The highest BCUT2D eigenvalue weighted by atomic mass is 16.5. The first-order valence-corrected chi connectivity index (χ1v) is 6.29. The number of anilines is 1. The minimum absolute atomic E-state index is 0.0250. The van der Waals surface area contributed by atoms with Crippen molar-refractivity contribution in [1.82, 2.24) is 4.57 Å². The van der Waals surface area contributed by atoms with E-state index in [0.29, 0.717) is 23.8 Å². The third-order valence-corrected chi connectivity index (χ3v) is 2.95. The number of hydrogen-bond acceptors (Lipinski definition) is 4. The monoisotopic (exact) mass is 249 g/mol. The topological polar surface area (TPSA) is 73.2 Å². The number of hydrogen-bond donors (Lipinski definition) is 1. The van der Waals surface area contributed by atoms with Crippen LogP contribution < -0.4 is 10.5 Å². The lowest BCUT2D eigenvalue weighted by atomic mass is 10.2. The van der Waals surface area contributed by atoms with Gasteiger partial charge in [0.2, 0.25) is 5.88 Å². The molecule has 1 fully saturated rings. The fraction of sp³-hybridized carbons (Fsp3) is 0.615. The van der Waals surface area contributed by atoms with E-state index < -0.39 is 0 Å². The van der Waals surface area contributed by atoms with E-state index in [4.69, 9.17) is 20.5 Å². The zero-order chi connectivity index (χ0) is 13.1. The Morgan fingerprint density at radius 2 is 2.44 bits per heavy atom. The normalized spacial score (nSPS) is 19.1. The van der Waals surface area contributed by atoms with Crippen molar-refractivity contribution in [2.24, 2.45) is 0 Å². The van der Waals surface area contributed by atoms with Crippen LogP contribution in [-0.2, 0) is 11.3 Å². The Hall–Kier alpha value is -1.67. The van der Waals surface area contributed by atoms with Crippen LogP contribution in [0.1, 0.15) is 32.4 Å². The summed E-state index contributed by atoms with van der Waals surface area (Å²) in [5.74, 6) is 0.581. The van der Waals surface area contributed by atoms with Crippen molar-refractivity contribution < 1.29 is 9.47 Å². The summed E-state index contributed by atoms with van der Waals surface area (Å²) in [4.78, 5) is 0. The van der Waals surface area contributed by atoms with Gasteiger partial charge in [0.25, 0.3) is 0 Å². The van der Waals surface area contributed by atoms with E-state index in [1.807, 2.05) is 18.4 Å². The van der Waals surface area contributed by atoms with E-state index in [1.165, 1.54) is 0 Å². The van der Waals surface area contributed by atoms with Gasteiger partial charge < -0.3 is 15.2 Å². The van der Waals surface area contributed by atoms with Crippen LogP contribution in [0.2, 0.25) is 0 Å². The quantitative estimate of drug-likeness (QED) is 0.884. The van der Waals surface area contributed by atoms with Gasteiger partial charge in [0.15, 0.2) is 0 Å². The Bertz CT molecular complexity index is 454. The predicted molar refractivity (Wildman–Crippen MR) is 68.3 cm³/mol. The molecule has 0 amide bonds. The standard InChI is InChI=1S/C13H19N3O2/c1-9(2)18-13-12(15)6-10(7-14)16(13)8-11-4-3-5-17-11/h6,9,11H,3-5,8,15H2,1-2H3/t11-/m0/s1. The third-order valence-electron chi connectivity index (χ3n) is 2.95. The van der Waals surface area contributed by atoms with Gasteiger partial charge in [-0.05, 0) is 26.7 Å². The first kappa shape index (κ1) is 12.8. The molecule has 18 heavy (non-hydrogen) atoms. The van der Waals surface area contributed by atoms with E-state index in [1.54, 1.807) is 6.07 Å². The van der Waals surface area contributed by atoms with E-state index in [0.717, 1.165) is 19.4 Å². The van der Waals surface area contributed by atoms with Crippen LogP contribution in [0, 0.1) is 11.3 Å². The molecule has 0 aromatic carbocycles. The molecule has 1 aromatic heterocycles. The maximum atomic E-state index is 9.14. The molecule has 0 radical (unpaired) electrons. The molecular formula is C13H19N3O2. The van der Waals surface area contributed by atoms with Crippen molar-refractivity contribution in [1.29, 1.82) is 5.26 Å². The van der Waals surface area contributed by atoms with Crippen molar-refractivity contribution >= 4 is 5.69 Å². The van der Waals surface area contributed by atoms with E-state index in [2.05, 4.69) is 6.07 Å². The molecular weight excluding hydrogens is 230 g/mol. The van der Waals surface area contributed by atoms with Crippen molar-refractivity contribution in [2.45, 2.75) is 45.4 Å². The molecule has 0 bridgehead atoms. The lowest BCUT2D eigenvalue weighted by Gasteiger charge is -2.17. The average molecular weight is 249 g/mol. The number of nitrogen functional groups attached to an aromatic ring is 1. The molecule has 0 saturated carbocycles. The predicted octanol–water partition coefficient (Wildman–Crippen LogP) is 1.91. The zero-order valence-corrected chi connectivity index (χ0v) is 10.8. The fourth-order valence-corrected chi connectivity index (χ4v) is 2.17. The van der Waals surface area contributed by atoms with Crippen LogP contribution in [0.4, 0.5) is 5.69 Å². The molecule has 1 saturated heterocycles. The summed E-state index contributed by atoms with van der Waals surface area (Å²) in [5.41, 5.74) is 6.94. The molecule has 1 aliphatic rings. The van der Waals surface area contributed by atoms with Gasteiger partial charge in [0.1, 0.15) is 11.8 Å². The number of ether oxygens (including phenoxy) is 2. The summed E-state index contributed by atoms with van der Waals surface area (Å²) < 4.78 is 13.1. The van der Waals surface area contributed by atoms with Crippen molar-refractivity contribution in [3.63, 3.8) is 0 Å². The second-order valence-electron chi connectivity index (χ2n) is 4.81. The molecule has 1 atom stereocenters. The van der Waals surface area contributed by atoms with Crippen molar-refractivity contribution in [3.05, 3.63) is 11.8 Å². The number of rotatable bonds is 4. The van der Waals surface area contributed by atoms with Gasteiger partial charge in [-0.25, -0.2) is 0 Å². The molecule has 2 heterocycles. The van der Waals surface area contributed by atoms with Gasteiger partial charge in [-0.2, -0.15) is 5.26 Å². The molecule has 5 heteroatoms. The number of nitriles is 1. The van der Waals surface area contributed by atoms with Gasteiger partial charge >= 0.3 is 0 Å². The minimum Gasteiger partial charge on any atom is -0.475 e. The number of aromatic nitrogens is 1. The van der Waals surface area contributed by atoms with Gasteiger partial charge in [0, 0.05) is 12.7 Å². The van der Waals surface area contributed by atoms with Crippen LogP contribution in [-0.4, -0.2) is 23.4 Å². The largest absolute Gasteiger partial charge is 0.475 e. The van der Waals surface area contributed by atoms with E-state index in [9.17, 15) is 0 Å². The molecule has 0 spiro atoms. The Labute approximate surface area is 107 Å². The Balaban J connectivity index is 2.26. The molecule has 5 nitrogen and oxygen atoms in total. The second kappa shape index (κ2) is 5.32. The van der Waals surface area contributed by atoms with Crippen LogP contribution in [0.3, 0.4) is 0 Å². The summed E-state index contributed by atoms with van der Waals surface area (Å²) >= 11 is 0. The summed E-state index contributed by atoms with van der Waals surface area (Å²) in [7, 11) is 0. The van der Waals surface area contributed by atoms with Gasteiger partial charge in [-0.15, -0.1) is 0 Å². The zero-order valence-electron chi connectivity index (χ0n) is 10.8. The van der Waals surface area contributed by atoms with Gasteiger partial charge in [-0.1, -0.05) is 0 Å². The molecule has 0 aliphatic carbocycles. The first-order valence-electron chi connectivity index (χ1n) is 6.29. The summed E-state index contributed by atoms with van der Waals surface area (Å²) in [6, 6.07) is 3.81. The van der Waals surface area contributed by atoms with E-state index in [-0.39, 0.29) is 12.2 Å². The Kier molecular flexibility index (Phi) is 3.78.